The molecule has 300 valence electrons. The van der Waals surface area contributed by atoms with Gasteiger partial charge in [-0.1, -0.05) is 146 Å². The molecule has 0 saturated heterocycles. The molecule has 0 aliphatic carbocycles. The van der Waals surface area contributed by atoms with E-state index >= 15 is 4.79 Å². The fourth-order valence-corrected chi connectivity index (χ4v) is 10.1. The van der Waals surface area contributed by atoms with Gasteiger partial charge in [0.2, 0.25) is 0 Å². The quantitative estimate of drug-likeness (QED) is 0.165. The van der Waals surface area contributed by atoms with E-state index in [0.29, 0.717) is 5.39 Å². The van der Waals surface area contributed by atoms with Crippen molar-refractivity contribution in [3.05, 3.63) is 241 Å². The van der Waals surface area contributed by atoms with Crippen LogP contribution in [0.2, 0.25) is 0 Å². The normalized spacial score (nSPS) is 11.8. The van der Waals surface area contributed by atoms with Crippen LogP contribution in [0, 0.1) is 0 Å². The van der Waals surface area contributed by atoms with E-state index in [2.05, 4.69) is 202 Å². The molecule has 5 nitrogen and oxygen atoms in total. The predicted molar refractivity (Wildman–Crippen MR) is 265 cm³/mol. The maximum atomic E-state index is 15.3. The zero-order chi connectivity index (χ0) is 42.3. The number of hydrogen-bond acceptors (Lipinski definition) is 1. The van der Waals surface area contributed by atoms with Crippen LogP contribution < -0.4 is 5.56 Å². The average molecular weight is 819 g/mol. The van der Waals surface area contributed by atoms with Crippen LogP contribution in [0.1, 0.15) is 0 Å². The van der Waals surface area contributed by atoms with Crippen molar-refractivity contribution < 1.29 is 0 Å². The van der Waals surface area contributed by atoms with Gasteiger partial charge in [0.15, 0.2) is 0 Å². The molecule has 0 bridgehead atoms. The fraction of sp³-hybridized carbons (Fsp3) is 0. The summed E-state index contributed by atoms with van der Waals surface area (Å²) in [6.07, 6.45) is 0. The fourth-order valence-electron chi connectivity index (χ4n) is 10.1. The summed E-state index contributed by atoms with van der Waals surface area (Å²) in [5.41, 5.74) is 15.5. The lowest BCUT2D eigenvalue weighted by molar-refractivity contribution is 1.00. The number of rotatable bonds is 6. The van der Waals surface area contributed by atoms with Crippen LogP contribution in [0.25, 0.3) is 111 Å². The van der Waals surface area contributed by atoms with Crippen molar-refractivity contribution in [3.8, 4) is 50.6 Å². The first-order valence-corrected chi connectivity index (χ1v) is 21.7. The summed E-state index contributed by atoms with van der Waals surface area (Å²) in [6, 6.07) is 81.0. The van der Waals surface area contributed by atoms with Gasteiger partial charge in [0, 0.05) is 38.5 Å². The SMILES string of the molecule is O=c1c2cc(-n3c4ccccc4c4cc(-c5ccc6c(c5)c5ccccc5n6-c5ccccc5)ccc43)ccc2n2c(-c3ccccc3)cc(-c3ccccc3)c2n1-c1ccccc1. The molecule has 0 amide bonds. The Hall–Kier alpha value is -8.67. The molecule has 9 aromatic carbocycles. The Morgan fingerprint density at radius 2 is 0.734 bits per heavy atom. The second-order valence-corrected chi connectivity index (χ2v) is 16.5. The highest BCUT2D eigenvalue weighted by Crippen LogP contribution is 2.40. The number of nitrogens with zero attached hydrogens (tertiary/aromatic N) is 4. The van der Waals surface area contributed by atoms with E-state index in [-0.39, 0.29) is 5.56 Å². The molecule has 13 aromatic rings. The summed E-state index contributed by atoms with van der Waals surface area (Å²) in [5, 5.41) is 5.39. The maximum Gasteiger partial charge on any atom is 0.266 e. The molecule has 0 atom stereocenters. The number of fused-ring (bicyclic) bond motifs is 9. The molecule has 0 radical (unpaired) electrons. The van der Waals surface area contributed by atoms with Gasteiger partial charge < -0.3 is 9.13 Å². The van der Waals surface area contributed by atoms with Gasteiger partial charge in [0.05, 0.1) is 44.4 Å². The largest absolute Gasteiger partial charge is 0.309 e. The molecule has 0 aliphatic heterocycles. The van der Waals surface area contributed by atoms with Crippen molar-refractivity contribution in [2.24, 2.45) is 0 Å². The lowest BCUT2D eigenvalue weighted by Gasteiger charge is -2.17. The van der Waals surface area contributed by atoms with Crippen molar-refractivity contribution in [1.82, 2.24) is 18.1 Å². The highest BCUT2D eigenvalue weighted by atomic mass is 16.1. The van der Waals surface area contributed by atoms with Gasteiger partial charge in [0.25, 0.3) is 5.56 Å². The Labute approximate surface area is 368 Å². The lowest BCUT2D eigenvalue weighted by Crippen LogP contribution is -2.22. The predicted octanol–water partition coefficient (Wildman–Crippen LogP) is 14.4. The van der Waals surface area contributed by atoms with Crippen molar-refractivity contribution in [3.63, 3.8) is 0 Å². The summed E-state index contributed by atoms with van der Waals surface area (Å²) >= 11 is 0. The third kappa shape index (κ3) is 5.41. The topological polar surface area (TPSA) is 36.3 Å². The average Bonchev–Trinajstić information content (AvgIpc) is 4.03. The molecule has 0 fully saturated rings. The molecule has 4 aromatic heterocycles. The number of hydrogen-bond donors (Lipinski definition) is 0. The van der Waals surface area contributed by atoms with Crippen molar-refractivity contribution in [1.29, 1.82) is 0 Å². The monoisotopic (exact) mass is 818 g/mol. The minimum atomic E-state index is -0.0718. The Kier molecular flexibility index (Phi) is 7.99. The highest BCUT2D eigenvalue weighted by molar-refractivity contribution is 6.13. The summed E-state index contributed by atoms with van der Waals surface area (Å²) < 4.78 is 8.84. The summed E-state index contributed by atoms with van der Waals surface area (Å²) in [5.74, 6) is 0. The smallest absolute Gasteiger partial charge is 0.266 e. The van der Waals surface area contributed by atoms with Crippen molar-refractivity contribution in [2.45, 2.75) is 0 Å². The van der Waals surface area contributed by atoms with Crippen molar-refractivity contribution in [2.75, 3.05) is 0 Å². The first-order valence-electron chi connectivity index (χ1n) is 21.7. The van der Waals surface area contributed by atoms with Crippen LogP contribution in [0.4, 0.5) is 0 Å². The summed E-state index contributed by atoms with van der Waals surface area (Å²) in [6.45, 7) is 0. The maximum absolute atomic E-state index is 15.3. The van der Waals surface area contributed by atoms with Gasteiger partial charge in [-0.05, 0) is 107 Å². The van der Waals surface area contributed by atoms with Gasteiger partial charge in [-0.15, -0.1) is 0 Å². The van der Waals surface area contributed by atoms with Gasteiger partial charge in [-0.2, -0.15) is 0 Å². The second kappa shape index (κ2) is 14.2. The molecule has 64 heavy (non-hydrogen) atoms. The van der Waals surface area contributed by atoms with E-state index < -0.39 is 0 Å². The molecular weight excluding hydrogens is 781 g/mol. The molecule has 13 rings (SSSR count). The van der Waals surface area contributed by atoms with E-state index in [1.165, 1.54) is 21.8 Å². The Balaban J connectivity index is 1.03. The van der Waals surface area contributed by atoms with Gasteiger partial charge in [-0.3, -0.25) is 13.8 Å². The van der Waals surface area contributed by atoms with E-state index in [1.54, 1.807) is 0 Å². The van der Waals surface area contributed by atoms with Crippen LogP contribution in [0.5, 0.6) is 0 Å². The van der Waals surface area contributed by atoms with E-state index in [4.69, 9.17) is 0 Å². The third-order valence-electron chi connectivity index (χ3n) is 13.0. The van der Waals surface area contributed by atoms with E-state index in [9.17, 15) is 0 Å². The molecule has 0 saturated carbocycles. The van der Waals surface area contributed by atoms with Gasteiger partial charge >= 0.3 is 0 Å². The van der Waals surface area contributed by atoms with Crippen LogP contribution >= 0.6 is 0 Å². The van der Waals surface area contributed by atoms with Crippen LogP contribution in [-0.4, -0.2) is 18.1 Å². The molecule has 0 spiro atoms. The Bertz CT molecular complexity index is 4010. The number of para-hydroxylation sites is 4. The van der Waals surface area contributed by atoms with Crippen molar-refractivity contribution >= 4 is 60.2 Å². The third-order valence-corrected chi connectivity index (χ3v) is 13.0. The zero-order valence-corrected chi connectivity index (χ0v) is 34.6. The summed E-state index contributed by atoms with van der Waals surface area (Å²) in [7, 11) is 0. The van der Waals surface area contributed by atoms with E-state index in [0.717, 1.165) is 83.5 Å². The van der Waals surface area contributed by atoms with Crippen LogP contribution in [0.3, 0.4) is 0 Å². The molecule has 4 heterocycles. The van der Waals surface area contributed by atoms with E-state index in [1.807, 2.05) is 47.0 Å². The minimum absolute atomic E-state index is 0.0718. The standard InChI is InChI=1S/C59H38N4O/c64-59-51-37-45(31-34-56(51)63-57(40-19-7-2-8-20-40)38-48(39-17-5-1-6-18-39)58(63)62(59)44-23-11-4-12-24-44)61-53-28-16-14-26-47(53)50-36-42(30-33-55(50)61)41-29-32-54-49(35-41)46-25-13-15-27-52(46)60(54)43-21-9-3-10-22-43/h1-38H. The lowest BCUT2D eigenvalue weighted by atomic mass is 10.0. The zero-order valence-electron chi connectivity index (χ0n) is 34.6. The first-order chi connectivity index (χ1) is 31.7. The first kappa shape index (κ1) is 36.0. The minimum Gasteiger partial charge on any atom is -0.309 e. The Morgan fingerprint density at radius 3 is 1.31 bits per heavy atom. The molecule has 5 heteroatoms. The van der Waals surface area contributed by atoms with Gasteiger partial charge in [-0.25, -0.2) is 0 Å². The number of aromatic nitrogens is 4. The summed E-state index contributed by atoms with van der Waals surface area (Å²) in [4.78, 5) is 15.3. The molecule has 0 aliphatic rings. The van der Waals surface area contributed by atoms with Crippen LogP contribution in [0.15, 0.2) is 235 Å². The molecule has 0 unspecified atom stereocenters. The second-order valence-electron chi connectivity index (χ2n) is 16.5. The highest BCUT2D eigenvalue weighted by Gasteiger charge is 2.23. The Morgan fingerprint density at radius 1 is 0.281 bits per heavy atom. The van der Waals surface area contributed by atoms with Crippen LogP contribution in [-0.2, 0) is 0 Å². The molecule has 0 N–H and O–H groups in total. The molecular formula is C59H38N4O. The number of benzene rings is 9. The van der Waals surface area contributed by atoms with Gasteiger partial charge in [0.1, 0.15) is 5.65 Å².